The molecule has 20 heavy (non-hydrogen) atoms. The Morgan fingerprint density at radius 3 is 2.55 bits per heavy atom. The molecule has 1 rings (SSSR count). The number of carbonyl (C=O) groups excluding carboxylic acids is 1. The lowest BCUT2D eigenvalue weighted by molar-refractivity contribution is 0.0997. The van der Waals surface area contributed by atoms with Crippen molar-refractivity contribution >= 4 is 17.6 Å². The molecule has 1 aromatic rings. The van der Waals surface area contributed by atoms with Crippen LogP contribution in [0.25, 0.3) is 0 Å². The van der Waals surface area contributed by atoms with Crippen molar-refractivity contribution in [1.82, 2.24) is 4.98 Å². The maximum absolute atomic E-state index is 13.2. The van der Waals surface area contributed by atoms with Crippen molar-refractivity contribution < 1.29 is 19.1 Å². The molecule has 0 unspecified atom stereocenters. The number of hydrogen-bond acceptors (Lipinski definition) is 4. The van der Waals surface area contributed by atoms with Crippen LogP contribution in [0.2, 0.25) is 0 Å². The molecule has 0 aliphatic carbocycles. The molecule has 1 amide bonds. The van der Waals surface area contributed by atoms with Gasteiger partial charge < -0.3 is 5.11 Å². The number of amides is 1. The van der Waals surface area contributed by atoms with Crippen LogP contribution < -0.4 is 4.90 Å². The number of nitriles is 1. The van der Waals surface area contributed by atoms with E-state index in [1.807, 2.05) is 0 Å². The van der Waals surface area contributed by atoms with Gasteiger partial charge in [0.1, 0.15) is 0 Å². The normalized spacial score (nSPS) is 10.8. The summed E-state index contributed by atoms with van der Waals surface area (Å²) >= 11 is 0. The molecular formula is C13H14FN3O3. The van der Waals surface area contributed by atoms with E-state index in [1.54, 1.807) is 26.8 Å². The number of hydrogen-bond donors (Lipinski definition) is 1. The number of carbonyl (C=O) groups is 2. The molecule has 0 aliphatic heterocycles. The first kappa shape index (κ1) is 15.6. The highest BCUT2D eigenvalue weighted by atomic mass is 19.1. The summed E-state index contributed by atoms with van der Waals surface area (Å²) in [6.07, 6.45) is -0.773. The summed E-state index contributed by atoms with van der Waals surface area (Å²) in [4.78, 5) is 27.5. The standard InChI is InChI=1S/C13H14FN3O3/c1-13(2,3)17(12(19)20)9-7-16-11(14)6-8(9)10(18)4-5-15/h6-7H,4H2,1-3H3,(H,19,20). The fourth-order valence-electron chi connectivity index (χ4n) is 1.74. The molecule has 7 heteroatoms. The minimum Gasteiger partial charge on any atom is -0.465 e. The first-order valence-corrected chi connectivity index (χ1v) is 5.77. The van der Waals surface area contributed by atoms with Crippen LogP contribution in [0.3, 0.4) is 0 Å². The van der Waals surface area contributed by atoms with E-state index in [2.05, 4.69) is 4.98 Å². The predicted molar refractivity (Wildman–Crippen MR) is 69.0 cm³/mol. The minimum atomic E-state index is -1.29. The van der Waals surface area contributed by atoms with Gasteiger partial charge in [-0.05, 0) is 20.8 Å². The summed E-state index contributed by atoms with van der Waals surface area (Å²) < 4.78 is 13.2. The van der Waals surface area contributed by atoms with Crippen molar-refractivity contribution in [2.45, 2.75) is 32.7 Å². The molecule has 0 aliphatic rings. The van der Waals surface area contributed by atoms with Crippen LogP contribution >= 0.6 is 0 Å². The van der Waals surface area contributed by atoms with Gasteiger partial charge in [0, 0.05) is 17.2 Å². The first-order valence-electron chi connectivity index (χ1n) is 5.77. The quantitative estimate of drug-likeness (QED) is 0.677. The van der Waals surface area contributed by atoms with Crippen molar-refractivity contribution in [3.63, 3.8) is 0 Å². The Morgan fingerprint density at radius 1 is 1.50 bits per heavy atom. The third-order valence-corrected chi connectivity index (χ3v) is 2.49. The summed E-state index contributed by atoms with van der Waals surface area (Å²) in [6.45, 7) is 4.88. The number of anilines is 1. The van der Waals surface area contributed by atoms with E-state index in [4.69, 9.17) is 5.26 Å². The minimum absolute atomic E-state index is 0.0355. The molecule has 0 spiro atoms. The third kappa shape index (κ3) is 3.29. The van der Waals surface area contributed by atoms with Gasteiger partial charge in [0.15, 0.2) is 5.78 Å². The van der Waals surface area contributed by atoms with Gasteiger partial charge in [0.2, 0.25) is 5.95 Å². The van der Waals surface area contributed by atoms with Crippen molar-refractivity contribution in [1.29, 1.82) is 5.26 Å². The summed E-state index contributed by atoms with van der Waals surface area (Å²) in [5.41, 5.74) is -1.06. The van der Waals surface area contributed by atoms with Crippen molar-refractivity contribution in [3.05, 3.63) is 23.8 Å². The zero-order valence-corrected chi connectivity index (χ0v) is 11.3. The molecule has 0 saturated heterocycles. The Kier molecular flexibility index (Phi) is 4.40. The third-order valence-electron chi connectivity index (χ3n) is 2.49. The summed E-state index contributed by atoms with van der Waals surface area (Å²) in [5.74, 6) is -1.56. The summed E-state index contributed by atoms with van der Waals surface area (Å²) in [7, 11) is 0. The zero-order chi connectivity index (χ0) is 15.5. The van der Waals surface area contributed by atoms with E-state index < -0.39 is 29.8 Å². The SMILES string of the molecule is CC(C)(C)N(C(=O)O)c1cnc(F)cc1C(=O)CC#N. The van der Waals surface area contributed by atoms with Crippen LogP contribution in [0.15, 0.2) is 12.3 Å². The number of nitrogens with zero attached hydrogens (tertiary/aromatic N) is 3. The van der Waals surface area contributed by atoms with Crippen molar-refractivity contribution in [2.75, 3.05) is 4.90 Å². The molecule has 0 aromatic carbocycles. The van der Waals surface area contributed by atoms with Crippen LogP contribution in [0.4, 0.5) is 14.9 Å². The fourth-order valence-corrected chi connectivity index (χ4v) is 1.74. The Balaban J connectivity index is 3.47. The van der Waals surface area contributed by atoms with E-state index in [0.29, 0.717) is 0 Å². The Labute approximate surface area is 115 Å². The van der Waals surface area contributed by atoms with Gasteiger partial charge in [-0.3, -0.25) is 9.69 Å². The second-order valence-corrected chi connectivity index (χ2v) is 5.07. The van der Waals surface area contributed by atoms with Crippen LogP contribution in [0, 0.1) is 17.3 Å². The van der Waals surface area contributed by atoms with E-state index in [0.717, 1.165) is 17.2 Å². The van der Waals surface area contributed by atoms with Crippen LogP contribution in [0.1, 0.15) is 37.6 Å². The molecule has 1 heterocycles. The van der Waals surface area contributed by atoms with Gasteiger partial charge >= 0.3 is 6.09 Å². The van der Waals surface area contributed by atoms with Crippen molar-refractivity contribution in [3.8, 4) is 6.07 Å². The maximum Gasteiger partial charge on any atom is 0.412 e. The number of aromatic nitrogens is 1. The van der Waals surface area contributed by atoms with Crippen LogP contribution in [-0.2, 0) is 0 Å². The molecule has 106 valence electrons. The van der Waals surface area contributed by atoms with Gasteiger partial charge in [-0.2, -0.15) is 9.65 Å². The predicted octanol–water partition coefficient (Wildman–Crippen LogP) is 2.60. The topological polar surface area (TPSA) is 94.3 Å². The Hall–Kier alpha value is -2.49. The number of carboxylic acid groups (broad SMARTS) is 1. The molecule has 0 radical (unpaired) electrons. The van der Waals surface area contributed by atoms with Gasteiger partial charge in [-0.25, -0.2) is 9.78 Å². The van der Waals surface area contributed by atoms with E-state index >= 15 is 0 Å². The van der Waals surface area contributed by atoms with Gasteiger partial charge in [-0.1, -0.05) is 0 Å². The molecule has 0 bridgehead atoms. The Bertz CT molecular complexity index is 588. The fraction of sp³-hybridized carbons (Fsp3) is 0.385. The van der Waals surface area contributed by atoms with Gasteiger partial charge in [0.25, 0.3) is 0 Å². The molecule has 0 fully saturated rings. The molecule has 1 aromatic heterocycles. The number of Topliss-reactive ketones (excluding diaryl/α,β-unsaturated/α-hetero) is 1. The lowest BCUT2D eigenvalue weighted by Crippen LogP contribution is -2.46. The average molecular weight is 279 g/mol. The van der Waals surface area contributed by atoms with E-state index in [-0.39, 0.29) is 11.3 Å². The number of rotatable bonds is 3. The van der Waals surface area contributed by atoms with E-state index in [1.165, 1.54) is 0 Å². The lowest BCUT2D eigenvalue weighted by Gasteiger charge is -2.33. The Morgan fingerprint density at radius 2 is 2.10 bits per heavy atom. The molecule has 0 saturated carbocycles. The second kappa shape index (κ2) is 5.65. The molecule has 1 N–H and O–H groups in total. The number of ketones is 1. The highest BCUT2D eigenvalue weighted by Gasteiger charge is 2.31. The van der Waals surface area contributed by atoms with Crippen LogP contribution in [0.5, 0.6) is 0 Å². The molecular weight excluding hydrogens is 265 g/mol. The van der Waals surface area contributed by atoms with Crippen LogP contribution in [-0.4, -0.2) is 27.5 Å². The summed E-state index contributed by atoms with van der Waals surface area (Å²) in [5, 5.41) is 17.9. The molecule has 6 nitrogen and oxygen atoms in total. The monoisotopic (exact) mass is 279 g/mol. The highest BCUT2D eigenvalue weighted by molar-refractivity contribution is 6.05. The van der Waals surface area contributed by atoms with Gasteiger partial charge in [0.05, 0.1) is 24.4 Å². The lowest BCUT2D eigenvalue weighted by atomic mass is 10.0. The van der Waals surface area contributed by atoms with Crippen molar-refractivity contribution in [2.24, 2.45) is 0 Å². The summed E-state index contributed by atoms with van der Waals surface area (Å²) in [6, 6.07) is 2.51. The second-order valence-electron chi connectivity index (χ2n) is 5.07. The largest absolute Gasteiger partial charge is 0.465 e. The first-order chi connectivity index (χ1) is 9.18. The van der Waals surface area contributed by atoms with Gasteiger partial charge in [-0.15, -0.1) is 0 Å². The smallest absolute Gasteiger partial charge is 0.412 e. The average Bonchev–Trinajstić information content (AvgIpc) is 2.29. The highest BCUT2D eigenvalue weighted by Crippen LogP contribution is 2.28. The number of halogens is 1. The zero-order valence-electron chi connectivity index (χ0n) is 11.3. The van der Waals surface area contributed by atoms with E-state index in [9.17, 15) is 19.1 Å². The molecule has 0 atom stereocenters. The number of pyridine rings is 1. The maximum atomic E-state index is 13.2.